The van der Waals surface area contributed by atoms with Gasteiger partial charge in [-0.25, -0.2) is 9.97 Å². The van der Waals surface area contributed by atoms with E-state index in [0.29, 0.717) is 10.9 Å². The summed E-state index contributed by atoms with van der Waals surface area (Å²) in [6, 6.07) is 0.348. The number of carbonyl (C=O) groups is 1. The van der Waals surface area contributed by atoms with E-state index in [9.17, 15) is 4.79 Å². The van der Waals surface area contributed by atoms with Crippen molar-refractivity contribution in [2.75, 3.05) is 11.1 Å². The van der Waals surface area contributed by atoms with Crippen molar-refractivity contribution >= 4 is 39.5 Å². The number of amides is 1. The molecular weight excluding hydrogens is 306 g/mol. The number of nitrogens with two attached hydrogens (primary N) is 1. The Labute approximate surface area is 130 Å². The molecule has 0 saturated heterocycles. The van der Waals surface area contributed by atoms with Gasteiger partial charge in [-0.2, -0.15) is 0 Å². The predicted octanol–water partition coefficient (Wildman–Crippen LogP) is 2.56. The van der Waals surface area contributed by atoms with E-state index in [0.717, 1.165) is 28.7 Å². The van der Waals surface area contributed by atoms with Crippen LogP contribution in [-0.4, -0.2) is 21.9 Å². The van der Waals surface area contributed by atoms with Crippen molar-refractivity contribution in [2.45, 2.75) is 38.8 Å². The number of carbonyl (C=O) groups excluding carboxylic acids is 1. The highest BCUT2D eigenvalue weighted by Gasteiger charge is 2.25. The van der Waals surface area contributed by atoms with Gasteiger partial charge in [0.05, 0.1) is 6.04 Å². The zero-order chi connectivity index (χ0) is 15.0. The topological polar surface area (TPSA) is 92.9 Å². The maximum atomic E-state index is 12.3. The summed E-state index contributed by atoms with van der Waals surface area (Å²) in [5.41, 5.74) is 6.80. The number of anilines is 2. The van der Waals surface area contributed by atoms with Gasteiger partial charge < -0.3 is 16.4 Å². The van der Waals surface area contributed by atoms with Gasteiger partial charge in [-0.1, -0.05) is 11.3 Å². The van der Waals surface area contributed by atoms with Gasteiger partial charge in [0.15, 0.2) is 5.13 Å². The first-order valence-corrected chi connectivity index (χ1v) is 8.48. The molecule has 0 radical (unpaired) electrons. The Bertz CT molecular complexity index is 661. The van der Waals surface area contributed by atoms with Crippen molar-refractivity contribution in [3.63, 3.8) is 0 Å². The summed E-state index contributed by atoms with van der Waals surface area (Å²) in [5, 5.41) is 9.76. The molecule has 1 atom stereocenters. The van der Waals surface area contributed by atoms with Crippen LogP contribution >= 0.6 is 22.7 Å². The second-order valence-corrected chi connectivity index (χ2v) is 7.06. The maximum absolute atomic E-state index is 12.3. The van der Waals surface area contributed by atoms with Crippen molar-refractivity contribution in [1.82, 2.24) is 15.3 Å². The molecule has 0 aliphatic heterocycles. The Morgan fingerprint density at radius 1 is 1.48 bits per heavy atom. The number of rotatable bonds is 5. The number of hydrogen-bond acceptors (Lipinski definition) is 7. The summed E-state index contributed by atoms with van der Waals surface area (Å²) in [5.74, 6) is 0.0809. The molecule has 4 N–H and O–H groups in total. The lowest BCUT2D eigenvalue weighted by molar-refractivity contribution is 0.0944. The van der Waals surface area contributed by atoms with Crippen LogP contribution in [0.25, 0.3) is 0 Å². The fourth-order valence-electron chi connectivity index (χ4n) is 1.85. The molecule has 0 aromatic carbocycles. The number of nitrogens with one attached hydrogen (secondary N) is 2. The van der Waals surface area contributed by atoms with Crippen LogP contribution in [0, 0.1) is 6.92 Å². The average Bonchev–Trinajstić information content (AvgIpc) is 3.00. The Morgan fingerprint density at radius 3 is 2.86 bits per heavy atom. The van der Waals surface area contributed by atoms with E-state index in [1.54, 1.807) is 0 Å². The Morgan fingerprint density at radius 2 is 2.24 bits per heavy atom. The molecule has 1 unspecified atom stereocenters. The molecule has 112 valence electrons. The van der Waals surface area contributed by atoms with Gasteiger partial charge in [-0.05, 0) is 26.7 Å². The average molecular weight is 323 g/mol. The third kappa shape index (κ3) is 3.33. The van der Waals surface area contributed by atoms with Crippen molar-refractivity contribution in [3.05, 3.63) is 21.0 Å². The van der Waals surface area contributed by atoms with Crippen LogP contribution in [0.1, 0.15) is 46.2 Å². The van der Waals surface area contributed by atoms with Gasteiger partial charge in [-0.15, -0.1) is 11.3 Å². The van der Waals surface area contributed by atoms with E-state index in [4.69, 9.17) is 5.73 Å². The van der Waals surface area contributed by atoms with Crippen LogP contribution in [0.2, 0.25) is 0 Å². The van der Waals surface area contributed by atoms with E-state index in [2.05, 4.69) is 20.6 Å². The third-order valence-corrected chi connectivity index (χ3v) is 5.27. The zero-order valence-corrected chi connectivity index (χ0v) is 13.5. The van der Waals surface area contributed by atoms with Crippen LogP contribution < -0.4 is 16.4 Å². The quantitative estimate of drug-likeness (QED) is 0.786. The molecule has 2 aromatic rings. The zero-order valence-electron chi connectivity index (χ0n) is 11.8. The Hall–Kier alpha value is -1.67. The second kappa shape index (κ2) is 5.61. The number of nitrogen functional groups attached to an aromatic ring is 1. The normalized spacial score (nSPS) is 15.7. The summed E-state index contributed by atoms with van der Waals surface area (Å²) in [4.78, 5) is 21.3. The first kappa shape index (κ1) is 14.3. The molecule has 0 bridgehead atoms. The van der Waals surface area contributed by atoms with Crippen LogP contribution in [-0.2, 0) is 0 Å². The van der Waals surface area contributed by atoms with E-state index < -0.39 is 0 Å². The minimum atomic E-state index is -0.200. The third-order valence-electron chi connectivity index (χ3n) is 3.12. The Kier molecular flexibility index (Phi) is 3.81. The Balaban J connectivity index is 1.68. The molecule has 1 amide bonds. The lowest BCUT2D eigenvalue weighted by Crippen LogP contribution is -2.26. The summed E-state index contributed by atoms with van der Waals surface area (Å²) in [6.45, 7) is 3.85. The lowest BCUT2D eigenvalue weighted by Gasteiger charge is -2.10. The molecular formula is C13H17N5OS2. The number of hydrogen-bond donors (Lipinski definition) is 3. The van der Waals surface area contributed by atoms with Crippen LogP contribution in [0.15, 0.2) is 5.38 Å². The van der Waals surface area contributed by atoms with Gasteiger partial charge in [0.2, 0.25) is 0 Å². The van der Waals surface area contributed by atoms with Crippen molar-refractivity contribution in [2.24, 2.45) is 0 Å². The molecule has 0 spiro atoms. The summed E-state index contributed by atoms with van der Waals surface area (Å²) >= 11 is 2.84. The SMILES string of the molecule is Cc1csc(C(C)NC(=O)c2sc(NC3CC3)nc2N)n1. The van der Waals surface area contributed by atoms with Gasteiger partial charge >= 0.3 is 0 Å². The van der Waals surface area contributed by atoms with Gasteiger partial charge in [0.1, 0.15) is 15.7 Å². The molecule has 6 nitrogen and oxygen atoms in total. The number of nitrogens with zero attached hydrogens (tertiary/aromatic N) is 2. The molecule has 1 aliphatic rings. The molecule has 1 aliphatic carbocycles. The van der Waals surface area contributed by atoms with Gasteiger partial charge in [0, 0.05) is 17.1 Å². The largest absolute Gasteiger partial charge is 0.382 e. The molecule has 2 aromatic heterocycles. The van der Waals surface area contributed by atoms with Crippen LogP contribution in [0.4, 0.5) is 10.9 Å². The predicted molar refractivity (Wildman–Crippen MR) is 85.9 cm³/mol. The second-order valence-electron chi connectivity index (χ2n) is 5.17. The van der Waals surface area contributed by atoms with Gasteiger partial charge in [0.25, 0.3) is 5.91 Å². The van der Waals surface area contributed by atoms with E-state index in [1.165, 1.54) is 22.7 Å². The minimum Gasteiger partial charge on any atom is -0.382 e. The van der Waals surface area contributed by atoms with E-state index >= 15 is 0 Å². The van der Waals surface area contributed by atoms with Crippen molar-refractivity contribution < 1.29 is 4.79 Å². The smallest absolute Gasteiger partial charge is 0.265 e. The molecule has 3 rings (SSSR count). The molecule has 1 fully saturated rings. The number of aryl methyl sites for hydroxylation is 1. The first-order valence-electron chi connectivity index (χ1n) is 6.78. The number of thiazole rings is 2. The van der Waals surface area contributed by atoms with E-state index in [-0.39, 0.29) is 17.8 Å². The molecule has 2 heterocycles. The molecule has 21 heavy (non-hydrogen) atoms. The summed E-state index contributed by atoms with van der Waals surface area (Å²) in [6.07, 6.45) is 2.31. The minimum absolute atomic E-state index is 0.141. The van der Waals surface area contributed by atoms with Crippen molar-refractivity contribution in [3.8, 4) is 0 Å². The molecule has 8 heteroatoms. The monoisotopic (exact) mass is 323 g/mol. The standard InChI is InChI=1S/C13H17N5OS2/c1-6-5-20-12(15-6)7(2)16-11(19)9-10(14)18-13(21-9)17-8-3-4-8/h5,7-8H,3-4,14H2,1-2H3,(H,16,19)(H,17,18). The fraction of sp³-hybridized carbons (Fsp3) is 0.462. The first-order chi connectivity index (χ1) is 10.0. The van der Waals surface area contributed by atoms with Gasteiger partial charge in [-0.3, -0.25) is 4.79 Å². The summed E-state index contributed by atoms with van der Waals surface area (Å²) < 4.78 is 0. The van der Waals surface area contributed by atoms with Crippen molar-refractivity contribution in [1.29, 1.82) is 0 Å². The highest BCUT2D eigenvalue weighted by molar-refractivity contribution is 7.18. The lowest BCUT2D eigenvalue weighted by atomic mass is 10.3. The highest BCUT2D eigenvalue weighted by atomic mass is 32.1. The number of aromatic nitrogens is 2. The maximum Gasteiger partial charge on any atom is 0.265 e. The van der Waals surface area contributed by atoms with Crippen LogP contribution in [0.5, 0.6) is 0 Å². The van der Waals surface area contributed by atoms with E-state index in [1.807, 2.05) is 19.2 Å². The highest BCUT2D eigenvalue weighted by Crippen LogP contribution is 2.31. The summed E-state index contributed by atoms with van der Waals surface area (Å²) in [7, 11) is 0. The fourth-order valence-corrected chi connectivity index (χ4v) is 3.52. The van der Waals surface area contributed by atoms with Crippen LogP contribution in [0.3, 0.4) is 0 Å². The molecule has 1 saturated carbocycles.